The van der Waals surface area contributed by atoms with Crippen LogP contribution in [0.3, 0.4) is 0 Å². The van der Waals surface area contributed by atoms with Crippen molar-refractivity contribution in [2.75, 3.05) is 27.8 Å². The molecule has 3 aromatic heterocycles. The van der Waals surface area contributed by atoms with Crippen molar-refractivity contribution in [3.8, 4) is 0 Å². The highest BCUT2D eigenvalue weighted by atomic mass is 16.6. The number of nitrogens with one attached hydrogen (secondary N) is 4. The number of pyridine rings is 1. The molecule has 0 fully saturated rings. The quantitative estimate of drug-likeness (QED) is 0.174. The second kappa shape index (κ2) is 7.78. The van der Waals surface area contributed by atoms with E-state index in [9.17, 15) is 40.5 Å². The second-order valence-electron chi connectivity index (χ2n) is 5.87. The summed E-state index contributed by atoms with van der Waals surface area (Å²) in [5.74, 6) is -3.98. The van der Waals surface area contributed by atoms with Gasteiger partial charge in [0.25, 0.3) is 0 Å². The first kappa shape index (κ1) is 21.9. The molecule has 0 saturated heterocycles. The molecule has 33 heavy (non-hydrogen) atoms. The molecule has 0 amide bonds. The van der Waals surface area contributed by atoms with Gasteiger partial charge in [0.2, 0.25) is 34.9 Å². The van der Waals surface area contributed by atoms with Crippen LogP contribution in [0, 0.1) is 40.5 Å². The van der Waals surface area contributed by atoms with Crippen molar-refractivity contribution in [2.45, 2.75) is 0 Å². The number of aromatic amines is 2. The van der Waals surface area contributed by atoms with Crippen LogP contribution >= 0.6 is 0 Å². The zero-order valence-electron chi connectivity index (χ0n) is 15.6. The van der Waals surface area contributed by atoms with Crippen LogP contribution < -0.4 is 27.8 Å². The monoisotopic (exact) mass is 466 g/mol. The molecule has 22 heteroatoms. The van der Waals surface area contributed by atoms with Gasteiger partial charge in [0.1, 0.15) is 0 Å². The Morgan fingerprint density at radius 1 is 0.606 bits per heavy atom. The molecule has 0 aliphatic carbocycles. The van der Waals surface area contributed by atoms with Crippen molar-refractivity contribution in [1.82, 2.24) is 25.4 Å². The summed E-state index contributed by atoms with van der Waals surface area (Å²) in [6.45, 7) is 0. The first-order valence-electron chi connectivity index (χ1n) is 8.06. The van der Waals surface area contributed by atoms with Crippen LogP contribution in [0.2, 0.25) is 0 Å². The highest BCUT2D eigenvalue weighted by Gasteiger charge is 2.36. The number of nitrogens with zero attached hydrogens (tertiary/aromatic N) is 7. The van der Waals surface area contributed by atoms with Gasteiger partial charge in [-0.15, -0.1) is 10.2 Å². The fraction of sp³-hybridized carbons (Fsp3) is 0. The van der Waals surface area contributed by atoms with Gasteiger partial charge in [-0.3, -0.25) is 50.7 Å². The lowest BCUT2D eigenvalue weighted by atomic mass is 10.2. The highest BCUT2D eigenvalue weighted by molar-refractivity contribution is 5.90. The molecule has 0 aliphatic rings. The van der Waals surface area contributed by atoms with Crippen molar-refractivity contribution in [2.24, 2.45) is 0 Å². The minimum atomic E-state index is -1.14. The molecule has 22 nitrogen and oxygen atoms in total. The van der Waals surface area contributed by atoms with E-state index in [4.69, 9.17) is 17.2 Å². The van der Waals surface area contributed by atoms with Crippen LogP contribution in [0.1, 0.15) is 0 Å². The van der Waals surface area contributed by atoms with Crippen LogP contribution in [0.5, 0.6) is 0 Å². The highest BCUT2D eigenvalue weighted by Crippen LogP contribution is 2.44. The Kier molecular flexibility index (Phi) is 5.15. The van der Waals surface area contributed by atoms with Gasteiger partial charge in [0.15, 0.2) is 5.69 Å². The Balaban J connectivity index is 2.24. The average Bonchev–Trinajstić information content (AvgIpc) is 3.23. The predicted molar refractivity (Wildman–Crippen MR) is 108 cm³/mol. The lowest BCUT2D eigenvalue weighted by Gasteiger charge is -2.10. The van der Waals surface area contributed by atoms with E-state index >= 15 is 0 Å². The molecule has 0 spiro atoms. The first-order chi connectivity index (χ1) is 15.4. The lowest BCUT2D eigenvalue weighted by molar-refractivity contribution is -0.391. The second-order valence-corrected chi connectivity index (χ2v) is 5.87. The Morgan fingerprint density at radius 3 is 1.24 bits per heavy atom. The number of H-pyrrole nitrogens is 2. The smallest absolute Gasteiger partial charge is 0.354 e. The molecule has 0 radical (unpaired) electrons. The molecule has 0 aliphatic heterocycles. The molecule has 0 saturated carbocycles. The summed E-state index contributed by atoms with van der Waals surface area (Å²) in [6.07, 6.45) is 0. The minimum absolute atomic E-state index is 0.513. The van der Waals surface area contributed by atoms with Crippen molar-refractivity contribution < 1.29 is 19.7 Å². The molecule has 3 aromatic rings. The molecule has 10 N–H and O–H groups in total. The maximum absolute atomic E-state index is 11.5. The summed E-state index contributed by atoms with van der Waals surface area (Å²) in [4.78, 5) is 44.9. The number of anilines is 7. The number of nitro groups is 4. The van der Waals surface area contributed by atoms with E-state index in [-0.39, 0.29) is 0 Å². The number of hydrogen-bond donors (Lipinski definition) is 7. The lowest BCUT2D eigenvalue weighted by Crippen LogP contribution is -2.11. The van der Waals surface area contributed by atoms with Crippen LogP contribution in [-0.4, -0.2) is 45.1 Å². The fourth-order valence-electron chi connectivity index (χ4n) is 2.60. The molecule has 3 rings (SSSR count). The molecular formula is C11H10N14O8. The third-order valence-electron chi connectivity index (χ3n) is 3.92. The van der Waals surface area contributed by atoms with E-state index in [0.29, 0.717) is 0 Å². The van der Waals surface area contributed by atoms with Crippen LogP contribution in [0.15, 0.2) is 0 Å². The van der Waals surface area contributed by atoms with Gasteiger partial charge in [0, 0.05) is 0 Å². The molecule has 172 valence electrons. The molecule has 0 bridgehead atoms. The van der Waals surface area contributed by atoms with E-state index in [2.05, 4.69) is 36.0 Å². The third-order valence-corrected chi connectivity index (χ3v) is 3.92. The van der Waals surface area contributed by atoms with E-state index in [0.717, 1.165) is 0 Å². The number of nitrogen functional groups attached to an aromatic ring is 3. The summed E-state index contributed by atoms with van der Waals surface area (Å²) in [5.41, 5.74) is 11.5. The minimum Gasteiger partial charge on any atom is -0.387 e. The molecule has 0 aromatic carbocycles. The van der Waals surface area contributed by atoms with E-state index in [1.807, 2.05) is 0 Å². The van der Waals surface area contributed by atoms with Crippen molar-refractivity contribution in [3.05, 3.63) is 40.5 Å². The number of nitrogens with two attached hydrogens (primary N) is 3. The van der Waals surface area contributed by atoms with E-state index in [1.165, 1.54) is 0 Å². The maximum Gasteiger partial charge on any atom is 0.354 e. The number of rotatable bonds is 8. The third kappa shape index (κ3) is 3.71. The zero-order chi connectivity index (χ0) is 24.6. The summed E-state index contributed by atoms with van der Waals surface area (Å²) in [7, 11) is 0. The normalized spacial score (nSPS) is 10.5. The van der Waals surface area contributed by atoms with Crippen molar-refractivity contribution in [1.29, 1.82) is 0 Å². The standard InChI is InChI=1S/C11H10N14O8/c12-1-2(22(26)27)8(16-10-4(24(30)31)6(13)18-20-10)15-9(3(1)23(28)29)17-11-5(25(32)33)7(14)19-21-11/h(H10,12,13,14,15,16,17,18,19,20,21). The van der Waals surface area contributed by atoms with Crippen molar-refractivity contribution >= 4 is 63.3 Å². The SMILES string of the molecule is Nc1[nH]nc(Nc2nc(Nc3n[nH]c(N)c3[N+](=O)[O-])c([N+](=O)[O-])c(N)c2[N+](=O)[O-])c1[N+](=O)[O-]. The Morgan fingerprint density at radius 2 is 0.939 bits per heavy atom. The van der Waals surface area contributed by atoms with Crippen LogP contribution in [0.25, 0.3) is 0 Å². The van der Waals surface area contributed by atoms with Gasteiger partial charge in [-0.05, 0) is 0 Å². The molecule has 0 atom stereocenters. The zero-order valence-corrected chi connectivity index (χ0v) is 15.6. The maximum atomic E-state index is 11.5. The summed E-state index contributed by atoms with van der Waals surface area (Å²) >= 11 is 0. The van der Waals surface area contributed by atoms with Crippen LogP contribution in [-0.2, 0) is 0 Å². The van der Waals surface area contributed by atoms with Gasteiger partial charge in [-0.25, -0.2) is 0 Å². The van der Waals surface area contributed by atoms with E-state index < -0.39 is 83.0 Å². The van der Waals surface area contributed by atoms with Crippen molar-refractivity contribution in [3.63, 3.8) is 0 Å². The largest absolute Gasteiger partial charge is 0.387 e. The molecule has 0 unspecified atom stereocenters. The van der Waals surface area contributed by atoms with Gasteiger partial charge in [-0.2, -0.15) is 4.98 Å². The Labute approximate surface area is 177 Å². The molecule has 3 heterocycles. The van der Waals surface area contributed by atoms with Gasteiger partial charge >= 0.3 is 22.7 Å². The van der Waals surface area contributed by atoms with Gasteiger partial charge < -0.3 is 27.8 Å². The summed E-state index contributed by atoms with van der Waals surface area (Å²) < 4.78 is 0. The Hall–Kier alpha value is -5.83. The predicted octanol–water partition coefficient (Wildman–Crippen LogP) is 0.394. The first-order valence-corrected chi connectivity index (χ1v) is 8.06. The van der Waals surface area contributed by atoms with E-state index in [1.54, 1.807) is 0 Å². The summed E-state index contributed by atoms with van der Waals surface area (Å²) in [6, 6.07) is 0. The molecular weight excluding hydrogens is 456 g/mol. The average molecular weight is 466 g/mol. The topological polar surface area (TPSA) is 345 Å². The fourth-order valence-corrected chi connectivity index (χ4v) is 2.60. The van der Waals surface area contributed by atoms with Crippen LogP contribution in [0.4, 0.5) is 63.3 Å². The Bertz CT molecular complexity index is 1230. The number of aromatic nitrogens is 5. The van der Waals surface area contributed by atoms with Gasteiger partial charge in [-0.1, -0.05) is 0 Å². The number of hydrogen-bond acceptors (Lipinski definition) is 16. The van der Waals surface area contributed by atoms with Gasteiger partial charge in [0.05, 0.1) is 19.7 Å². The summed E-state index contributed by atoms with van der Waals surface area (Å²) in [5, 5.41) is 60.9.